The van der Waals surface area contributed by atoms with Gasteiger partial charge in [-0.25, -0.2) is 0 Å². The van der Waals surface area contributed by atoms with Crippen LogP contribution in [0.2, 0.25) is 0 Å². The van der Waals surface area contributed by atoms with Crippen molar-refractivity contribution in [2.45, 2.75) is 67.7 Å². The van der Waals surface area contributed by atoms with E-state index in [0.29, 0.717) is 5.41 Å². The summed E-state index contributed by atoms with van der Waals surface area (Å²) in [7, 11) is 1.89. The molecule has 0 atom stereocenters. The lowest BCUT2D eigenvalue weighted by Crippen LogP contribution is -2.28. The minimum atomic E-state index is 0.500. The zero-order valence-corrected chi connectivity index (χ0v) is 13.7. The van der Waals surface area contributed by atoms with Gasteiger partial charge in [-0.3, -0.25) is 10.9 Å². The molecule has 0 heterocycles. The van der Waals surface area contributed by atoms with Crippen molar-refractivity contribution in [2.75, 3.05) is 13.6 Å². The van der Waals surface area contributed by atoms with Gasteiger partial charge >= 0.3 is 0 Å². The molecular formula is C15H38N2. The van der Waals surface area contributed by atoms with Crippen LogP contribution in [0.3, 0.4) is 0 Å². The molecule has 2 nitrogen and oxygen atoms in total. The van der Waals surface area contributed by atoms with Gasteiger partial charge in [0.05, 0.1) is 0 Å². The summed E-state index contributed by atoms with van der Waals surface area (Å²) < 4.78 is 0. The first-order chi connectivity index (χ1) is 7.91. The van der Waals surface area contributed by atoms with Crippen molar-refractivity contribution in [3.05, 3.63) is 13.2 Å². The van der Waals surface area contributed by atoms with Crippen LogP contribution in [0.15, 0.2) is 13.2 Å². The average Bonchev–Trinajstić information content (AvgIpc) is 2.28. The molecule has 0 unspecified atom stereocenters. The summed E-state index contributed by atoms with van der Waals surface area (Å²) in [4.78, 5) is 0. The van der Waals surface area contributed by atoms with Crippen molar-refractivity contribution in [1.82, 2.24) is 10.9 Å². The van der Waals surface area contributed by atoms with E-state index in [2.05, 4.69) is 58.6 Å². The van der Waals surface area contributed by atoms with E-state index in [1.54, 1.807) is 0 Å². The van der Waals surface area contributed by atoms with Crippen LogP contribution in [0.4, 0.5) is 0 Å². The maximum Gasteiger partial charge on any atom is 0.00996 e. The molecule has 0 fully saturated rings. The van der Waals surface area contributed by atoms with Gasteiger partial charge in [0.15, 0.2) is 0 Å². The van der Waals surface area contributed by atoms with Gasteiger partial charge in [0.1, 0.15) is 0 Å². The molecule has 108 valence electrons. The van der Waals surface area contributed by atoms with Crippen molar-refractivity contribution in [3.63, 3.8) is 0 Å². The summed E-state index contributed by atoms with van der Waals surface area (Å²) in [6, 6.07) is 0. The van der Waals surface area contributed by atoms with Gasteiger partial charge in [-0.1, -0.05) is 61.3 Å². The lowest BCUT2D eigenvalue weighted by molar-refractivity contribution is 0.469. The van der Waals surface area contributed by atoms with Crippen LogP contribution in [0.25, 0.3) is 0 Å². The number of unbranched alkanes of at least 4 members (excludes halogenated alkanes) is 2. The Bertz CT molecular complexity index is 83.6. The Morgan fingerprint density at radius 2 is 1.29 bits per heavy atom. The molecule has 0 radical (unpaired) electrons. The van der Waals surface area contributed by atoms with Crippen molar-refractivity contribution < 1.29 is 0 Å². The van der Waals surface area contributed by atoms with E-state index in [9.17, 15) is 0 Å². The predicted molar refractivity (Wildman–Crippen MR) is 84.3 cm³/mol. The highest BCUT2D eigenvalue weighted by Gasteiger charge is 1.95. The lowest BCUT2D eigenvalue weighted by atomic mass is 10.0. The quantitative estimate of drug-likeness (QED) is 0.414. The average molecular weight is 246 g/mol. The Hall–Kier alpha value is -0.340. The fourth-order valence-electron chi connectivity index (χ4n) is 0.588. The number of rotatable bonds is 5. The molecule has 0 saturated carbocycles. The third-order valence-corrected chi connectivity index (χ3v) is 1.08. The Balaban J connectivity index is -0.0000000809. The van der Waals surface area contributed by atoms with Gasteiger partial charge in [0, 0.05) is 6.54 Å². The zero-order chi connectivity index (χ0) is 14.7. The first-order valence-corrected chi connectivity index (χ1v) is 6.81. The van der Waals surface area contributed by atoms with E-state index >= 15 is 0 Å². The molecule has 17 heavy (non-hydrogen) atoms. The molecule has 0 aliphatic rings. The second-order valence-electron chi connectivity index (χ2n) is 4.88. The van der Waals surface area contributed by atoms with Crippen LogP contribution in [0.1, 0.15) is 67.7 Å². The van der Waals surface area contributed by atoms with Crippen LogP contribution in [-0.4, -0.2) is 13.6 Å². The molecule has 0 aliphatic carbocycles. The normalized spacial score (nSPS) is 8.71. The fraction of sp³-hybridized carbons (Fsp3) is 0.867. The van der Waals surface area contributed by atoms with E-state index in [-0.39, 0.29) is 0 Å². The second-order valence-corrected chi connectivity index (χ2v) is 4.88. The number of hydrazine groups is 1. The highest BCUT2D eigenvalue weighted by molar-refractivity contribution is 4.47. The third-order valence-electron chi connectivity index (χ3n) is 1.08. The summed E-state index contributed by atoms with van der Waals surface area (Å²) >= 11 is 0. The molecule has 0 spiro atoms. The van der Waals surface area contributed by atoms with Crippen molar-refractivity contribution in [1.29, 1.82) is 0 Å². The molecule has 0 aliphatic heterocycles. The van der Waals surface area contributed by atoms with E-state index < -0.39 is 0 Å². The topological polar surface area (TPSA) is 24.1 Å². The Morgan fingerprint density at radius 1 is 0.941 bits per heavy atom. The lowest BCUT2D eigenvalue weighted by Gasteiger charge is -2.05. The summed E-state index contributed by atoms with van der Waals surface area (Å²) in [6.45, 7) is 22.0. The number of nitrogens with one attached hydrogen (secondary N) is 2. The number of hydrogen-bond donors (Lipinski definition) is 2. The zero-order valence-electron chi connectivity index (χ0n) is 13.7. The molecule has 0 bridgehead atoms. The molecule has 0 aromatic heterocycles. The monoisotopic (exact) mass is 246 g/mol. The van der Waals surface area contributed by atoms with E-state index in [0.717, 1.165) is 6.54 Å². The summed E-state index contributed by atoms with van der Waals surface area (Å²) in [5.74, 6) is 0. The molecule has 0 saturated heterocycles. The third kappa shape index (κ3) is 135. The molecule has 0 aromatic carbocycles. The smallest absolute Gasteiger partial charge is 0.00996 e. The van der Waals surface area contributed by atoms with Crippen LogP contribution in [-0.2, 0) is 0 Å². The van der Waals surface area contributed by atoms with Gasteiger partial charge in [-0.2, -0.15) is 0 Å². The standard InChI is InChI=1S/C6H16N2.C5H12.C2H6.C2H4/c1-3-4-5-6-8-7-2;1-5(2,3)4;2*1-2/h7-8H,3-6H2,1-2H3;1-4H3;1-2H3;1-2H2. The highest BCUT2D eigenvalue weighted by Crippen LogP contribution is 2.08. The summed E-state index contributed by atoms with van der Waals surface area (Å²) in [5, 5.41) is 0. The molecular weight excluding hydrogens is 208 g/mol. The summed E-state index contributed by atoms with van der Waals surface area (Å²) in [6.07, 6.45) is 3.90. The first kappa shape index (κ1) is 25.5. The van der Waals surface area contributed by atoms with Gasteiger partial charge < -0.3 is 0 Å². The van der Waals surface area contributed by atoms with E-state index in [4.69, 9.17) is 0 Å². The van der Waals surface area contributed by atoms with Gasteiger partial charge in [0.2, 0.25) is 0 Å². The first-order valence-electron chi connectivity index (χ1n) is 6.81. The van der Waals surface area contributed by atoms with Crippen LogP contribution < -0.4 is 10.9 Å². The Labute approximate surface area is 111 Å². The van der Waals surface area contributed by atoms with Gasteiger partial charge in [-0.15, -0.1) is 13.2 Å². The maximum absolute atomic E-state index is 3.03. The largest absolute Gasteiger partial charge is 0.261 e. The maximum atomic E-state index is 3.03. The molecule has 0 rings (SSSR count). The van der Waals surface area contributed by atoms with E-state index in [1.165, 1.54) is 19.3 Å². The SMILES string of the molecule is C=C.CC.CC(C)(C)C.CCCCCNNC. The molecule has 0 amide bonds. The van der Waals surface area contributed by atoms with Crippen LogP contribution >= 0.6 is 0 Å². The van der Waals surface area contributed by atoms with Crippen molar-refractivity contribution in [3.8, 4) is 0 Å². The van der Waals surface area contributed by atoms with Crippen LogP contribution in [0, 0.1) is 5.41 Å². The molecule has 0 aromatic rings. The summed E-state index contributed by atoms with van der Waals surface area (Å²) in [5.41, 5.74) is 6.41. The second kappa shape index (κ2) is 24.8. The minimum Gasteiger partial charge on any atom is -0.261 e. The van der Waals surface area contributed by atoms with Gasteiger partial charge in [0.25, 0.3) is 0 Å². The minimum absolute atomic E-state index is 0.500. The van der Waals surface area contributed by atoms with Gasteiger partial charge in [-0.05, 0) is 18.9 Å². The Morgan fingerprint density at radius 3 is 1.53 bits per heavy atom. The van der Waals surface area contributed by atoms with E-state index in [1.807, 2.05) is 20.9 Å². The number of hydrogen-bond acceptors (Lipinski definition) is 2. The highest BCUT2D eigenvalue weighted by atomic mass is 15.3. The van der Waals surface area contributed by atoms with Crippen LogP contribution in [0.5, 0.6) is 0 Å². The molecule has 2 heteroatoms. The fourth-order valence-corrected chi connectivity index (χ4v) is 0.588. The predicted octanol–water partition coefficient (Wildman–Crippen LogP) is 4.78. The Kier molecular flexibility index (Phi) is 37.1. The van der Waals surface area contributed by atoms with Crippen molar-refractivity contribution in [2.24, 2.45) is 5.41 Å². The van der Waals surface area contributed by atoms with Crippen molar-refractivity contribution >= 4 is 0 Å². The molecule has 2 N–H and O–H groups in total.